The van der Waals surface area contributed by atoms with Crippen LogP contribution in [0.3, 0.4) is 0 Å². The molecule has 1 saturated heterocycles. The molecule has 1 aliphatic heterocycles. The summed E-state index contributed by atoms with van der Waals surface area (Å²) in [5.74, 6) is 0.928. The summed E-state index contributed by atoms with van der Waals surface area (Å²) in [5.41, 5.74) is 0. The second-order valence-electron chi connectivity index (χ2n) is 5.98. The van der Waals surface area contributed by atoms with Crippen molar-refractivity contribution in [2.24, 2.45) is 5.92 Å². The Hall–Kier alpha value is -0.870. The summed E-state index contributed by atoms with van der Waals surface area (Å²) in [6, 6.07) is 1.97. The Balaban J connectivity index is 1.47. The van der Waals surface area contributed by atoms with E-state index in [4.69, 9.17) is 4.74 Å². The Labute approximate surface area is 115 Å². The molecule has 106 valence electrons. The Morgan fingerprint density at radius 3 is 2.84 bits per heavy atom. The molecule has 1 aromatic heterocycles. The number of hydrogen-bond donors (Lipinski definition) is 0. The zero-order valence-electron chi connectivity index (χ0n) is 11.7. The largest absolute Gasteiger partial charge is 0.374 e. The second kappa shape index (κ2) is 6.53. The molecule has 2 heterocycles. The summed E-state index contributed by atoms with van der Waals surface area (Å²) in [6.07, 6.45) is 11.3. The van der Waals surface area contributed by atoms with Gasteiger partial charge in [0.25, 0.3) is 0 Å². The predicted molar refractivity (Wildman–Crippen MR) is 75.0 cm³/mol. The minimum Gasteiger partial charge on any atom is -0.374 e. The number of hydrogen-bond acceptors (Lipinski definition) is 3. The van der Waals surface area contributed by atoms with Gasteiger partial charge in [-0.15, -0.1) is 0 Å². The number of nitrogens with zero attached hydrogens (tertiary/aromatic N) is 3. The van der Waals surface area contributed by atoms with Crippen molar-refractivity contribution < 1.29 is 4.74 Å². The van der Waals surface area contributed by atoms with Crippen LogP contribution in [0.4, 0.5) is 0 Å². The van der Waals surface area contributed by atoms with Crippen LogP contribution in [0.15, 0.2) is 18.5 Å². The van der Waals surface area contributed by atoms with Gasteiger partial charge < -0.3 is 4.74 Å². The molecule has 1 atom stereocenters. The van der Waals surface area contributed by atoms with Gasteiger partial charge in [-0.2, -0.15) is 5.10 Å². The van der Waals surface area contributed by atoms with Crippen molar-refractivity contribution in [3.8, 4) is 0 Å². The van der Waals surface area contributed by atoms with Gasteiger partial charge in [-0.3, -0.25) is 9.58 Å². The van der Waals surface area contributed by atoms with E-state index in [0.717, 1.165) is 32.2 Å². The molecule has 0 spiro atoms. The Kier molecular flexibility index (Phi) is 4.51. The lowest BCUT2D eigenvalue weighted by atomic mass is 9.89. The average Bonchev–Trinajstić information content (AvgIpc) is 2.93. The highest BCUT2D eigenvalue weighted by Gasteiger charge is 2.24. The van der Waals surface area contributed by atoms with Gasteiger partial charge >= 0.3 is 0 Å². The van der Waals surface area contributed by atoms with Gasteiger partial charge in [0.05, 0.1) is 19.3 Å². The van der Waals surface area contributed by atoms with Crippen LogP contribution < -0.4 is 0 Å². The van der Waals surface area contributed by atoms with E-state index in [2.05, 4.69) is 10.00 Å². The van der Waals surface area contributed by atoms with E-state index >= 15 is 0 Å². The molecule has 19 heavy (non-hydrogen) atoms. The molecule has 0 unspecified atom stereocenters. The topological polar surface area (TPSA) is 30.3 Å². The minimum atomic E-state index is 0.303. The summed E-state index contributed by atoms with van der Waals surface area (Å²) in [4.78, 5) is 2.60. The third-order valence-electron chi connectivity index (χ3n) is 4.41. The van der Waals surface area contributed by atoms with Gasteiger partial charge in [0.15, 0.2) is 0 Å². The lowest BCUT2D eigenvalue weighted by molar-refractivity contribution is -0.0429. The highest BCUT2D eigenvalue weighted by atomic mass is 16.5. The zero-order valence-corrected chi connectivity index (χ0v) is 11.7. The van der Waals surface area contributed by atoms with Crippen LogP contribution in [-0.4, -0.2) is 47.0 Å². The number of ether oxygens (including phenoxy) is 1. The Bertz CT molecular complexity index is 359. The molecule has 2 aliphatic rings. The van der Waals surface area contributed by atoms with Crippen LogP contribution in [0.1, 0.15) is 32.1 Å². The molecule has 2 fully saturated rings. The molecule has 1 aliphatic carbocycles. The van der Waals surface area contributed by atoms with Crippen molar-refractivity contribution in [3.63, 3.8) is 0 Å². The molecule has 0 bridgehead atoms. The van der Waals surface area contributed by atoms with Gasteiger partial charge in [0, 0.05) is 32.0 Å². The molecular weight excluding hydrogens is 238 g/mol. The van der Waals surface area contributed by atoms with Gasteiger partial charge in [-0.05, 0) is 24.8 Å². The van der Waals surface area contributed by atoms with Crippen LogP contribution in [0.5, 0.6) is 0 Å². The van der Waals surface area contributed by atoms with E-state index in [9.17, 15) is 0 Å². The van der Waals surface area contributed by atoms with Crippen LogP contribution >= 0.6 is 0 Å². The fraction of sp³-hybridized carbons (Fsp3) is 0.800. The van der Waals surface area contributed by atoms with Crippen molar-refractivity contribution >= 4 is 0 Å². The molecule has 0 radical (unpaired) electrons. The maximum Gasteiger partial charge on any atom is 0.0898 e. The van der Waals surface area contributed by atoms with Gasteiger partial charge in [0.1, 0.15) is 0 Å². The standard InChI is InChI=1S/C15H25N3O/c1-2-5-14(6-3-1)11-17-9-10-19-15(12-17)13-18-8-4-7-16-18/h4,7-8,14-15H,1-3,5-6,9-13H2/t15-/m0/s1. The summed E-state index contributed by atoms with van der Waals surface area (Å²) in [5, 5.41) is 4.27. The summed E-state index contributed by atoms with van der Waals surface area (Å²) < 4.78 is 7.85. The first kappa shape index (κ1) is 13.1. The summed E-state index contributed by atoms with van der Waals surface area (Å²) >= 11 is 0. The summed E-state index contributed by atoms with van der Waals surface area (Å²) in [6.45, 7) is 5.20. The van der Waals surface area contributed by atoms with Gasteiger partial charge in [-0.1, -0.05) is 19.3 Å². The van der Waals surface area contributed by atoms with E-state index < -0.39 is 0 Å². The number of aromatic nitrogens is 2. The highest BCUT2D eigenvalue weighted by molar-refractivity contribution is 4.81. The Morgan fingerprint density at radius 1 is 1.16 bits per heavy atom. The van der Waals surface area contributed by atoms with E-state index in [1.807, 2.05) is 23.1 Å². The fourth-order valence-corrected chi connectivity index (χ4v) is 3.41. The first-order valence-corrected chi connectivity index (χ1v) is 7.71. The third-order valence-corrected chi connectivity index (χ3v) is 4.41. The van der Waals surface area contributed by atoms with Gasteiger partial charge in [-0.25, -0.2) is 0 Å². The Morgan fingerprint density at radius 2 is 2.05 bits per heavy atom. The molecule has 0 N–H and O–H groups in total. The van der Waals surface area contributed by atoms with Crippen molar-refractivity contribution in [2.45, 2.75) is 44.8 Å². The lowest BCUT2D eigenvalue weighted by Gasteiger charge is -2.36. The minimum absolute atomic E-state index is 0.303. The quantitative estimate of drug-likeness (QED) is 0.834. The van der Waals surface area contributed by atoms with E-state index in [1.165, 1.54) is 38.6 Å². The summed E-state index contributed by atoms with van der Waals surface area (Å²) in [7, 11) is 0. The molecule has 3 rings (SSSR count). The molecular formula is C15H25N3O. The zero-order chi connectivity index (χ0) is 12.9. The molecule has 4 heteroatoms. The van der Waals surface area contributed by atoms with Crippen molar-refractivity contribution in [3.05, 3.63) is 18.5 Å². The fourth-order valence-electron chi connectivity index (χ4n) is 3.41. The second-order valence-corrected chi connectivity index (χ2v) is 5.98. The average molecular weight is 263 g/mol. The molecule has 1 aromatic rings. The molecule has 4 nitrogen and oxygen atoms in total. The van der Waals surface area contributed by atoms with Crippen LogP contribution in [0, 0.1) is 5.92 Å². The van der Waals surface area contributed by atoms with Crippen LogP contribution in [0.2, 0.25) is 0 Å². The lowest BCUT2D eigenvalue weighted by Crippen LogP contribution is -2.46. The molecule has 1 saturated carbocycles. The van der Waals surface area contributed by atoms with E-state index in [-0.39, 0.29) is 0 Å². The highest BCUT2D eigenvalue weighted by Crippen LogP contribution is 2.25. The van der Waals surface area contributed by atoms with Crippen LogP contribution in [-0.2, 0) is 11.3 Å². The van der Waals surface area contributed by atoms with Crippen molar-refractivity contribution in [1.29, 1.82) is 0 Å². The number of morpholine rings is 1. The van der Waals surface area contributed by atoms with Crippen LogP contribution in [0.25, 0.3) is 0 Å². The first-order chi connectivity index (χ1) is 9.40. The maximum absolute atomic E-state index is 5.87. The number of rotatable bonds is 4. The SMILES string of the molecule is c1cnn(C[C@@H]2CN(CC3CCCCC3)CCO2)c1. The van der Waals surface area contributed by atoms with Crippen molar-refractivity contribution in [2.75, 3.05) is 26.2 Å². The normalized spacial score (nSPS) is 26.6. The monoisotopic (exact) mass is 263 g/mol. The van der Waals surface area contributed by atoms with Gasteiger partial charge in [0.2, 0.25) is 0 Å². The first-order valence-electron chi connectivity index (χ1n) is 7.71. The third kappa shape index (κ3) is 3.80. The maximum atomic E-state index is 5.87. The molecule has 0 amide bonds. The van der Waals surface area contributed by atoms with Crippen molar-refractivity contribution in [1.82, 2.24) is 14.7 Å². The smallest absolute Gasteiger partial charge is 0.0898 e. The molecule has 0 aromatic carbocycles. The predicted octanol–water partition coefficient (Wildman–Crippen LogP) is 2.16. The van der Waals surface area contributed by atoms with E-state index in [0.29, 0.717) is 6.10 Å². The van der Waals surface area contributed by atoms with E-state index in [1.54, 1.807) is 0 Å².